The highest BCUT2D eigenvalue weighted by atomic mass is 35.5. The molecule has 0 aliphatic heterocycles. The Morgan fingerprint density at radius 3 is 2.71 bits per heavy atom. The fourth-order valence-electron chi connectivity index (χ4n) is 1.90. The first-order valence-corrected chi connectivity index (χ1v) is 7.77. The lowest BCUT2D eigenvalue weighted by Crippen LogP contribution is -1.95. The minimum atomic E-state index is 0.451. The molecule has 106 valence electrons. The smallest absolute Gasteiger partial charge is 0.140 e. The molecule has 3 rings (SSSR count). The molecule has 3 aromatic rings. The maximum absolute atomic E-state index is 6.10. The van der Waals surface area contributed by atoms with Crippen LogP contribution in [0.2, 0.25) is 5.15 Å². The zero-order valence-corrected chi connectivity index (χ0v) is 13.0. The SMILES string of the molecule is Cn1cc(-c2cc(Cl)nc(CSc3ccccc3)n2)cn1. The van der Waals surface area contributed by atoms with Gasteiger partial charge in [-0.05, 0) is 12.1 Å². The van der Waals surface area contributed by atoms with Crippen LogP contribution in [0.3, 0.4) is 0 Å². The van der Waals surface area contributed by atoms with Gasteiger partial charge < -0.3 is 0 Å². The van der Waals surface area contributed by atoms with Gasteiger partial charge in [0.1, 0.15) is 11.0 Å². The zero-order valence-electron chi connectivity index (χ0n) is 11.4. The lowest BCUT2D eigenvalue weighted by atomic mass is 10.2. The van der Waals surface area contributed by atoms with Gasteiger partial charge in [-0.15, -0.1) is 11.8 Å². The number of hydrogen-bond acceptors (Lipinski definition) is 4. The molecule has 0 bridgehead atoms. The average molecular weight is 317 g/mol. The van der Waals surface area contributed by atoms with Crippen LogP contribution >= 0.6 is 23.4 Å². The number of thioether (sulfide) groups is 1. The Bertz CT molecular complexity index is 742. The predicted octanol–water partition coefficient (Wildman–Crippen LogP) is 3.82. The highest BCUT2D eigenvalue weighted by Crippen LogP contribution is 2.24. The fourth-order valence-corrected chi connectivity index (χ4v) is 2.87. The normalized spacial score (nSPS) is 10.8. The molecule has 0 fully saturated rings. The molecule has 4 nitrogen and oxygen atoms in total. The number of nitrogens with zero attached hydrogens (tertiary/aromatic N) is 4. The summed E-state index contributed by atoms with van der Waals surface area (Å²) in [6, 6.07) is 11.9. The standard InChI is InChI=1S/C15H13ClN4S/c1-20-9-11(8-17-20)13-7-14(16)19-15(18-13)10-21-12-5-3-2-4-6-12/h2-9H,10H2,1H3. The quantitative estimate of drug-likeness (QED) is 0.542. The Labute approximate surface area is 132 Å². The molecule has 0 atom stereocenters. The van der Waals surface area contributed by atoms with E-state index in [4.69, 9.17) is 11.6 Å². The summed E-state index contributed by atoms with van der Waals surface area (Å²) in [5, 5.41) is 4.61. The van der Waals surface area contributed by atoms with Crippen LogP contribution in [0.25, 0.3) is 11.3 Å². The maximum Gasteiger partial charge on any atom is 0.140 e. The van der Waals surface area contributed by atoms with Gasteiger partial charge in [-0.3, -0.25) is 4.68 Å². The number of halogens is 1. The Kier molecular flexibility index (Phi) is 4.22. The van der Waals surface area contributed by atoms with E-state index in [0.29, 0.717) is 10.9 Å². The predicted molar refractivity (Wildman–Crippen MR) is 85.2 cm³/mol. The first-order valence-electron chi connectivity index (χ1n) is 6.41. The molecule has 0 aliphatic carbocycles. The van der Waals surface area contributed by atoms with Crippen molar-refractivity contribution in [2.45, 2.75) is 10.6 Å². The summed E-state index contributed by atoms with van der Waals surface area (Å²) in [4.78, 5) is 10.0. The lowest BCUT2D eigenvalue weighted by molar-refractivity contribution is 0.768. The molecule has 1 aromatic carbocycles. The third-order valence-corrected chi connectivity index (χ3v) is 4.05. The Balaban J connectivity index is 1.81. The van der Waals surface area contributed by atoms with Gasteiger partial charge in [0.05, 0.1) is 17.6 Å². The van der Waals surface area contributed by atoms with Crippen LogP contribution in [-0.2, 0) is 12.8 Å². The van der Waals surface area contributed by atoms with Crippen molar-refractivity contribution >= 4 is 23.4 Å². The first kappa shape index (κ1) is 14.1. The summed E-state index contributed by atoms with van der Waals surface area (Å²) < 4.78 is 1.74. The molecule has 0 N–H and O–H groups in total. The van der Waals surface area contributed by atoms with E-state index in [0.717, 1.165) is 17.1 Å². The molecule has 21 heavy (non-hydrogen) atoms. The summed E-state index contributed by atoms with van der Waals surface area (Å²) in [5.41, 5.74) is 1.74. The van der Waals surface area contributed by atoms with Gasteiger partial charge in [0.2, 0.25) is 0 Å². The summed E-state index contributed by atoms with van der Waals surface area (Å²) in [6.45, 7) is 0. The number of rotatable bonds is 4. The van der Waals surface area contributed by atoms with E-state index in [1.54, 1.807) is 28.7 Å². The van der Waals surface area contributed by atoms with E-state index in [1.165, 1.54) is 4.90 Å². The monoisotopic (exact) mass is 316 g/mol. The van der Waals surface area contributed by atoms with E-state index >= 15 is 0 Å². The second kappa shape index (κ2) is 6.28. The van der Waals surface area contributed by atoms with Crippen molar-refractivity contribution in [2.24, 2.45) is 7.05 Å². The van der Waals surface area contributed by atoms with Crippen LogP contribution < -0.4 is 0 Å². The number of aryl methyl sites for hydroxylation is 1. The molecule has 0 amide bonds. The topological polar surface area (TPSA) is 43.6 Å². The van der Waals surface area contributed by atoms with Crippen molar-refractivity contribution in [3.8, 4) is 11.3 Å². The summed E-state index contributed by atoms with van der Waals surface area (Å²) >= 11 is 7.79. The Morgan fingerprint density at radius 1 is 1.19 bits per heavy atom. The van der Waals surface area contributed by atoms with Crippen molar-refractivity contribution < 1.29 is 0 Å². The number of benzene rings is 1. The molecule has 0 saturated heterocycles. The van der Waals surface area contributed by atoms with Crippen LogP contribution in [-0.4, -0.2) is 19.7 Å². The minimum absolute atomic E-state index is 0.451. The van der Waals surface area contributed by atoms with Crippen molar-refractivity contribution in [3.05, 3.63) is 59.8 Å². The van der Waals surface area contributed by atoms with E-state index < -0.39 is 0 Å². The molecule has 2 heterocycles. The molecule has 6 heteroatoms. The van der Waals surface area contributed by atoms with Crippen molar-refractivity contribution in [1.82, 2.24) is 19.7 Å². The van der Waals surface area contributed by atoms with Crippen LogP contribution in [0.1, 0.15) is 5.82 Å². The van der Waals surface area contributed by atoms with Gasteiger partial charge in [-0.1, -0.05) is 29.8 Å². The zero-order chi connectivity index (χ0) is 14.7. The van der Waals surface area contributed by atoms with E-state index in [1.807, 2.05) is 31.4 Å². The molecule has 0 radical (unpaired) electrons. The Morgan fingerprint density at radius 2 is 2.00 bits per heavy atom. The summed E-state index contributed by atoms with van der Waals surface area (Å²) in [7, 11) is 1.87. The van der Waals surface area contributed by atoms with Crippen molar-refractivity contribution in [1.29, 1.82) is 0 Å². The molecule has 0 saturated carbocycles. The third-order valence-electron chi connectivity index (χ3n) is 2.85. The fraction of sp³-hybridized carbons (Fsp3) is 0.133. The van der Waals surface area contributed by atoms with Crippen LogP contribution in [0, 0.1) is 0 Å². The molecular weight excluding hydrogens is 304 g/mol. The number of aromatic nitrogens is 4. The van der Waals surface area contributed by atoms with Crippen molar-refractivity contribution in [2.75, 3.05) is 0 Å². The van der Waals surface area contributed by atoms with Gasteiger partial charge in [0.15, 0.2) is 0 Å². The lowest BCUT2D eigenvalue weighted by Gasteiger charge is -2.04. The molecule has 0 aliphatic rings. The van der Waals surface area contributed by atoms with Gasteiger partial charge >= 0.3 is 0 Å². The number of hydrogen-bond donors (Lipinski definition) is 0. The summed E-state index contributed by atoms with van der Waals surface area (Å²) in [6.07, 6.45) is 3.68. The largest absolute Gasteiger partial charge is 0.275 e. The van der Waals surface area contributed by atoms with Crippen LogP contribution in [0.4, 0.5) is 0 Å². The highest BCUT2D eigenvalue weighted by Gasteiger charge is 2.08. The second-order valence-electron chi connectivity index (χ2n) is 4.50. The van der Waals surface area contributed by atoms with Gasteiger partial charge in [0, 0.05) is 29.8 Å². The van der Waals surface area contributed by atoms with E-state index in [9.17, 15) is 0 Å². The summed E-state index contributed by atoms with van der Waals surface area (Å²) in [5.74, 6) is 1.40. The minimum Gasteiger partial charge on any atom is -0.275 e. The van der Waals surface area contributed by atoms with Crippen LogP contribution in [0.5, 0.6) is 0 Å². The van der Waals surface area contributed by atoms with Gasteiger partial charge in [0.25, 0.3) is 0 Å². The van der Waals surface area contributed by atoms with Crippen LogP contribution in [0.15, 0.2) is 53.7 Å². The van der Waals surface area contributed by atoms with Gasteiger partial charge in [-0.2, -0.15) is 5.10 Å². The van der Waals surface area contributed by atoms with Gasteiger partial charge in [-0.25, -0.2) is 9.97 Å². The first-order chi connectivity index (χ1) is 10.2. The molecule has 0 unspecified atom stereocenters. The third kappa shape index (κ3) is 3.62. The van der Waals surface area contributed by atoms with Crippen molar-refractivity contribution in [3.63, 3.8) is 0 Å². The maximum atomic E-state index is 6.10. The molecular formula is C15H13ClN4S. The van der Waals surface area contributed by atoms with E-state index in [2.05, 4.69) is 27.2 Å². The average Bonchev–Trinajstić information content (AvgIpc) is 2.92. The Hall–Kier alpha value is -1.85. The van der Waals surface area contributed by atoms with E-state index in [-0.39, 0.29) is 0 Å². The molecule has 0 spiro atoms. The second-order valence-corrected chi connectivity index (χ2v) is 5.93. The highest BCUT2D eigenvalue weighted by molar-refractivity contribution is 7.98. The molecule has 2 aromatic heterocycles.